The van der Waals surface area contributed by atoms with Crippen molar-refractivity contribution in [1.29, 1.82) is 5.26 Å². The zero-order chi connectivity index (χ0) is 6.69. The van der Waals surface area contributed by atoms with Gasteiger partial charge in [-0.2, -0.15) is 5.26 Å². The second-order valence-electron chi connectivity index (χ2n) is 1.89. The van der Waals surface area contributed by atoms with Crippen molar-refractivity contribution >= 4 is 5.94 Å². The molecule has 0 aliphatic carbocycles. The molecule has 0 bridgehead atoms. The Morgan fingerprint density at radius 2 is 2.56 bits per heavy atom. The van der Waals surface area contributed by atoms with Crippen LogP contribution in [0, 0.1) is 11.3 Å². The summed E-state index contributed by atoms with van der Waals surface area (Å²) in [6.45, 7) is 0.725. The topological polar surface area (TPSA) is 52.9 Å². The van der Waals surface area contributed by atoms with Crippen molar-refractivity contribution in [3.63, 3.8) is 0 Å². The van der Waals surface area contributed by atoms with Crippen molar-refractivity contribution in [2.45, 2.75) is 12.5 Å². The highest BCUT2D eigenvalue weighted by atomic mass is 16.1. The third-order valence-corrected chi connectivity index (χ3v) is 1.35. The summed E-state index contributed by atoms with van der Waals surface area (Å²) in [4.78, 5) is 10.0. The van der Waals surface area contributed by atoms with Gasteiger partial charge in [-0.15, -0.1) is 0 Å². The SMILES string of the molecule is N#CC1NCCC1=C=O. The van der Waals surface area contributed by atoms with Crippen molar-refractivity contribution in [3.05, 3.63) is 5.57 Å². The standard InChI is InChI=1S/C6H6N2O/c7-3-6-5(4-9)1-2-8-6/h6,8H,1-2H2. The van der Waals surface area contributed by atoms with E-state index in [9.17, 15) is 4.79 Å². The normalized spacial score (nSPS) is 25.2. The van der Waals surface area contributed by atoms with E-state index in [2.05, 4.69) is 5.32 Å². The monoisotopic (exact) mass is 122 g/mol. The van der Waals surface area contributed by atoms with Gasteiger partial charge in [0.15, 0.2) is 0 Å². The molecule has 3 heteroatoms. The van der Waals surface area contributed by atoms with Crippen LogP contribution in [0.1, 0.15) is 6.42 Å². The summed E-state index contributed by atoms with van der Waals surface area (Å²) in [6, 6.07) is 1.58. The Morgan fingerprint density at radius 1 is 1.78 bits per heavy atom. The van der Waals surface area contributed by atoms with Gasteiger partial charge in [0, 0.05) is 12.1 Å². The predicted octanol–water partition coefficient (Wildman–Crippen LogP) is -0.370. The van der Waals surface area contributed by atoms with Gasteiger partial charge in [-0.25, -0.2) is 4.79 Å². The molecule has 1 heterocycles. The Kier molecular flexibility index (Phi) is 1.64. The fraction of sp³-hybridized carbons (Fsp3) is 0.500. The largest absolute Gasteiger partial charge is 0.298 e. The predicted molar refractivity (Wildman–Crippen MR) is 31.2 cm³/mol. The molecule has 1 saturated heterocycles. The maximum atomic E-state index is 10.0. The van der Waals surface area contributed by atoms with Crippen LogP contribution >= 0.6 is 0 Å². The van der Waals surface area contributed by atoms with Gasteiger partial charge in [-0.1, -0.05) is 0 Å². The summed E-state index contributed by atoms with van der Waals surface area (Å²) in [5.74, 6) is 1.75. The van der Waals surface area contributed by atoms with Crippen LogP contribution in [-0.2, 0) is 4.79 Å². The molecule has 0 aromatic carbocycles. The van der Waals surface area contributed by atoms with Crippen LogP contribution in [0.3, 0.4) is 0 Å². The van der Waals surface area contributed by atoms with Gasteiger partial charge in [0.05, 0.1) is 6.07 Å². The van der Waals surface area contributed by atoms with E-state index in [1.165, 1.54) is 0 Å². The summed E-state index contributed by atoms with van der Waals surface area (Å²) in [7, 11) is 0. The fourth-order valence-corrected chi connectivity index (χ4v) is 0.852. The molecule has 46 valence electrons. The molecule has 0 aromatic heterocycles. The fourth-order valence-electron chi connectivity index (χ4n) is 0.852. The van der Waals surface area contributed by atoms with Crippen LogP contribution in [0.15, 0.2) is 5.57 Å². The van der Waals surface area contributed by atoms with Crippen LogP contribution < -0.4 is 5.32 Å². The van der Waals surface area contributed by atoms with Gasteiger partial charge in [-0.3, -0.25) is 5.32 Å². The Morgan fingerprint density at radius 3 is 3.00 bits per heavy atom. The zero-order valence-electron chi connectivity index (χ0n) is 4.85. The first-order valence-corrected chi connectivity index (χ1v) is 2.75. The highest BCUT2D eigenvalue weighted by Crippen LogP contribution is 2.08. The molecule has 0 spiro atoms. The molecular formula is C6H6N2O. The highest BCUT2D eigenvalue weighted by molar-refractivity contribution is 5.57. The Hall–Kier alpha value is -1.10. The van der Waals surface area contributed by atoms with Crippen LogP contribution in [0.25, 0.3) is 0 Å². The zero-order valence-corrected chi connectivity index (χ0v) is 4.85. The highest BCUT2D eigenvalue weighted by Gasteiger charge is 2.19. The average molecular weight is 122 g/mol. The van der Waals surface area contributed by atoms with E-state index >= 15 is 0 Å². The van der Waals surface area contributed by atoms with Gasteiger partial charge in [0.1, 0.15) is 12.0 Å². The minimum atomic E-state index is -0.373. The molecule has 1 fully saturated rings. The third kappa shape index (κ3) is 0.996. The molecule has 1 N–H and O–H groups in total. The van der Waals surface area contributed by atoms with E-state index in [1.54, 1.807) is 5.94 Å². The molecule has 1 atom stereocenters. The molecule has 1 unspecified atom stereocenters. The minimum Gasteiger partial charge on any atom is -0.298 e. The van der Waals surface area contributed by atoms with Crippen LogP contribution in [0.2, 0.25) is 0 Å². The summed E-state index contributed by atoms with van der Waals surface area (Å²) in [5, 5.41) is 11.2. The number of hydrogen-bond acceptors (Lipinski definition) is 3. The Balaban J connectivity index is 2.77. The maximum absolute atomic E-state index is 10.0. The third-order valence-electron chi connectivity index (χ3n) is 1.35. The van der Waals surface area contributed by atoms with E-state index in [4.69, 9.17) is 5.26 Å². The van der Waals surface area contributed by atoms with Crippen molar-refractivity contribution in [2.24, 2.45) is 0 Å². The lowest BCUT2D eigenvalue weighted by Crippen LogP contribution is -2.20. The second-order valence-corrected chi connectivity index (χ2v) is 1.89. The number of hydrogen-bond donors (Lipinski definition) is 1. The Bertz CT molecular complexity index is 198. The van der Waals surface area contributed by atoms with Gasteiger partial charge in [-0.05, 0) is 6.42 Å². The van der Waals surface area contributed by atoms with E-state index in [0.29, 0.717) is 12.0 Å². The molecule has 9 heavy (non-hydrogen) atoms. The molecule has 0 aromatic rings. The van der Waals surface area contributed by atoms with E-state index in [0.717, 1.165) is 6.54 Å². The minimum absolute atomic E-state index is 0.373. The van der Waals surface area contributed by atoms with Crippen molar-refractivity contribution < 1.29 is 4.79 Å². The smallest absolute Gasteiger partial charge is 0.128 e. The maximum Gasteiger partial charge on any atom is 0.128 e. The van der Waals surface area contributed by atoms with Crippen LogP contribution in [0.4, 0.5) is 0 Å². The second kappa shape index (κ2) is 2.45. The number of carbonyl (C=O) groups excluding carboxylic acids is 1. The molecule has 1 aliphatic heterocycles. The average Bonchev–Trinajstić information content (AvgIpc) is 2.33. The van der Waals surface area contributed by atoms with Crippen molar-refractivity contribution in [2.75, 3.05) is 6.54 Å². The summed E-state index contributed by atoms with van der Waals surface area (Å²) in [5.41, 5.74) is 0.553. The molecule has 0 saturated carbocycles. The lowest BCUT2D eigenvalue weighted by atomic mass is 10.1. The Labute approximate surface area is 53.0 Å². The first kappa shape index (κ1) is 6.03. The van der Waals surface area contributed by atoms with Gasteiger partial charge in [0.2, 0.25) is 0 Å². The summed E-state index contributed by atoms with van der Waals surface area (Å²) >= 11 is 0. The van der Waals surface area contributed by atoms with E-state index < -0.39 is 0 Å². The first-order valence-electron chi connectivity index (χ1n) is 2.75. The molecule has 1 rings (SSSR count). The quantitative estimate of drug-likeness (QED) is 0.446. The van der Waals surface area contributed by atoms with Gasteiger partial charge in [0.25, 0.3) is 0 Å². The molecule has 3 nitrogen and oxygen atoms in total. The number of nitrogens with one attached hydrogen (secondary N) is 1. The molecule has 1 aliphatic rings. The summed E-state index contributed by atoms with van der Waals surface area (Å²) < 4.78 is 0. The lowest BCUT2D eigenvalue weighted by Gasteiger charge is -1.93. The molecular weight excluding hydrogens is 116 g/mol. The van der Waals surface area contributed by atoms with Gasteiger partial charge < -0.3 is 0 Å². The van der Waals surface area contributed by atoms with Crippen LogP contribution in [0.5, 0.6) is 0 Å². The molecule has 0 amide bonds. The van der Waals surface area contributed by atoms with Crippen molar-refractivity contribution in [3.8, 4) is 6.07 Å². The summed E-state index contributed by atoms with van der Waals surface area (Å²) in [6.07, 6.45) is 0.668. The molecule has 0 radical (unpaired) electrons. The number of nitrogens with zero attached hydrogens (tertiary/aromatic N) is 1. The van der Waals surface area contributed by atoms with E-state index in [1.807, 2.05) is 6.07 Å². The number of rotatable bonds is 0. The first-order chi connectivity index (χ1) is 4.38. The van der Waals surface area contributed by atoms with Crippen LogP contribution in [-0.4, -0.2) is 18.5 Å². The van der Waals surface area contributed by atoms with Gasteiger partial charge >= 0.3 is 0 Å². The van der Waals surface area contributed by atoms with Crippen molar-refractivity contribution in [1.82, 2.24) is 5.32 Å². The number of nitriles is 1. The lowest BCUT2D eigenvalue weighted by molar-refractivity contribution is 0.566. The van der Waals surface area contributed by atoms with E-state index in [-0.39, 0.29) is 6.04 Å².